The first-order valence-electron chi connectivity index (χ1n) is 14.8. The molecule has 0 aromatic heterocycles. The highest BCUT2D eigenvalue weighted by Crippen LogP contribution is 2.08. The zero-order valence-electron chi connectivity index (χ0n) is 24.6. The molecule has 1 N–H and O–H groups in total. The summed E-state index contributed by atoms with van der Waals surface area (Å²) < 4.78 is 0. The summed E-state index contributed by atoms with van der Waals surface area (Å²) in [5.41, 5.74) is 1.97. The van der Waals surface area contributed by atoms with Gasteiger partial charge in [0.2, 0.25) is 5.91 Å². The molecule has 1 fully saturated rings. The lowest BCUT2D eigenvalue weighted by molar-refractivity contribution is -0.136. The number of aliphatic imine (C=N–C) groups is 2. The molecule has 7 heteroatoms. The molecule has 7 nitrogen and oxygen atoms in total. The quantitative estimate of drug-likeness (QED) is 0.149. The molecule has 0 aliphatic carbocycles. The average Bonchev–Trinajstić information content (AvgIpc) is 2.95. The van der Waals surface area contributed by atoms with E-state index in [1.807, 2.05) is 11.1 Å². The Morgan fingerprint density at radius 1 is 1.02 bits per heavy atom. The van der Waals surface area contributed by atoms with Crippen molar-refractivity contribution in [3.8, 4) is 23.8 Å². The first kappa shape index (κ1) is 32.6. The zero-order chi connectivity index (χ0) is 28.7. The number of unbranched alkanes of at least 4 members (excludes halogenated alkanes) is 2. The fraction of sp³-hybridized carbons (Fsp3) is 0.576. The Kier molecular flexibility index (Phi) is 17.3. The number of hydrogen-bond acceptors (Lipinski definition) is 5. The molecule has 0 unspecified atom stereocenters. The number of carbonyl (C=O) groups is 2. The Balaban J connectivity index is 1.48. The number of carbonyl (C=O) groups excluding carboxylic acids is 2. The average molecular weight is 546 g/mol. The van der Waals surface area contributed by atoms with Gasteiger partial charge in [0.1, 0.15) is 5.71 Å². The normalized spacial score (nSPS) is 16.1. The molecule has 0 radical (unpaired) electrons. The molecule has 2 amide bonds. The molecule has 0 aromatic carbocycles. The van der Waals surface area contributed by atoms with E-state index < -0.39 is 0 Å². The van der Waals surface area contributed by atoms with Crippen LogP contribution in [0.5, 0.6) is 0 Å². The van der Waals surface area contributed by atoms with Crippen LogP contribution in [0.1, 0.15) is 78.1 Å². The lowest BCUT2D eigenvalue weighted by Gasteiger charge is -2.35. The number of rotatable bonds is 14. The fourth-order valence-electron chi connectivity index (χ4n) is 4.10. The molecule has 40 heavy (non-hydrogen) atoms. The predicted octanol–water partition coefficient (Wildman–Crippen LogP) is 4.72. The largest absolute Gasteiger partial charge is 0.344 e. The van der Waals surface area contributed by atoms with Gasteiger partial charge in [-0.2, -0.15) is 0 Å². The monoisotopic (exact) mass is 545 g/mol. The Labute approximate surface area is 242 Å². The number of hydrogen-bond donors (Lipinski definition) is 1. The van der Waals surface area contributed by atoms with Gasteiger partial charge < -0.3 is 15.1 Å². The third-order valence-electron chi connectivity index (χ3n) is 6.67. The van der Waals surface area contributed by atoms with Gasteiger partial charge in [-0.05, 0) is 39.0 Å². The Morgan fingerprint density at radius 2 is 1.75 bits per heavy atom. The molecule has 0 atom stereocenters. The minimum absolute atomic E-state index is 0.0513. The van der Waals surface area contributed by atoms with Crippen molar-refractivity contribution in [3.63, 3.8) is 0 Å². The van der Waals surface area contributed by atoms with Crippen molar-refractivity contribution in [1.82, 2.24) is 15.1 Å². The molecule has 0 spiro atoms. The highest BCUT2D eigenvalue weighted by Gasteiger charge is 2.26. The number of nitrogens with one attached hydrogen (secondary N) is 1. The van der Waals surface area contributed by atoms with E-state index in [4.69, 9.17) is 0 Å². The van der Waals surface area contributed by atoms with Crippen LogP contribution in [-0.2, 0) is 9.59 Å². The van der Waals surface area contributed by atoms with Crippen molar-refractivity contribution in [2.24, 2.45) is 9.98 Å². The van der Waals surface area contributed by atoms with Crippen molar-refractivity contribution in [2.45, 2.75) is 78.1 Å². The van der Waals surface area contributed by atoms with Crippen LogP contribution >= 0.6 is 0 Å². The first-order valence-corrected chi connectivity index (χ1v) is 14.8. The summed E-state index contributed by atoms with van der Waals surface area (Å²) >= 11 is 0. The molecular formula is C33H47N5O2. The maximum Gasteiger partial charge on any atom is 0.268 e. The molecule has 1 saturated heterocycles. The number of amides is 2. The highest BCUT2D eigenvalue weighted by molar-refractivity contribution is 6.39. The maximum atomic E-state index is 12.7. The van der Waals surface area contributed by atoms with E-state index in [9.17, 15) is 9.59 Å². The van der Waals surface area contributed by atoms with E-state index in [0.717, 1.165) is 51.4 Å². The van der Waals surface area contributed by atoms with E-state index in [2.05, 4.69) is 83.3 Å². The van der Waals surface area contributed by atoms with Crippen LogP contribution in [0.4, 0.5) is 0 Å². The summed E-state index contributed by atoms with van der Waals surface area (Å²) in [6.07, 6.45) is 21.2. The van der Waals surface area contributed by atoms with Gasteiger partial charge in [0.25, 0.3) is 5.91 Å². The van der Waals surface area contributed by atoms with Gasteiger partial charge in [-0.3, -0.25) is 19.6 Å². The van der Waals surface area contributed by atoms with Gasteiger partial charge in [-0.15, -0.1) is 11.8 Å². The van der Waals surface area contributed by atoms with Crippen molar-refractivity contribution in [2.75, 3.05) is 45.8 Å². The van der Waals surface area contributed by atoms with Gasteiger partial charge in [0.15, 0.2) is 0 Å². The van der Waals surface area contributed by atoms with Crippen LogP contribution in [-0.4, -0.2) is 79.4 Å². The van der Waals surface area contributed by atoms with E-state index in [1.165, 1.54) is 5.57 Å². The highest BCUT2D eigenvalue weighted by atomic mass is 16.2. The molecule has 216 valence electrons. The Hall–Kier alpha value is -3.58. The molecule has 2 aliphatic rings. The maximum absolute atomic E-state index is 12.7. The first-order chi connectivity index (χ1) is 19.6. The van der Waals surface area contributed by atoms with Crippen LogP contribution in [0, 0.1) is 23.8 Å². The molecule has 2 rings (SSSR count). The predicted molar refractivity (Wildman–Crippen MR) is 166 cm³/mol. The fourth-order valence-corrected chi connectivity index (χ4v) is 4.10. The second kappa shape index (κ2) is 21.3. The van der Waals surface area contributed by atoms with Crippen LogP contribution in [0.25, 0.3) is 0 Å². The molecular weight excluding hydrogens is 498 g/mol. The second-order valence-electron chi connectivity index (χ2n) is 9.85. The van der Waals surface area contributed by atoms with Crippen molar-refractivity contribution in [1.29, 1.82) is 0 Å². The van der Waals surface area contributed by atoms with Crippen molar-refractivity contribution >= 4 is 23.7 Å². The van der Waals surface area contributed by atoms with E-state index in [1.54, 1.807) is 4.90 Å². The lowest BCUT2D eigenvalue weighted by Crippen LogP contribution is -2.52. The van der Waals surface area contributed by atoms with E-state index in [-0.39, 0.29) is 11.8 Å². The molecule has 2 heterocycles. The third kappa shape index (κ3) is 14.5. The van der Waals surface area contributed by atoms with E-state index in [0.29, 0.717) is 64.4 Å². The third-order valence-corrected chi connectivity index (χ3v) is 6.67. The van der Waals surface area contributed by atoms with Gasteiger partial charge in [-0.1, -0.05) is 48.8 Å². The lowest BCUT2D eigenvalue weighted by atomic mass is 10.1. The van der Waals surface area contributed by atoms with Crippen LogP contribution in [0.3, 0.4) is 0 Å². The minimum Gasteiger partial charge on any atom is -0.344 e. The Morgan fingerprint density at radius 3 is 2.55 bits per heavy atom. The molecule has 2 aliphatic heterocycles. The molecule has 0 bridgehead atoms. The summed E-state index contributed by atoms with van der Waals surface area (Å²) in [7, 11) is 0. The summed E-state index contributed by atoms with van der Waals surface area (Å²) in [6, 6.07) is 2.83. The summed E-state index contributed by atoms with van der Waals surface area (Å²) in [5.74, 6) is 9.50. The van der Waals surface area contributed by atoms with Crippen LogP contribution in [0.15, 0.2) is 45.9 Å². The minimum atomic E-state index is -0.0513. The standard InChI is InChI=1S/C33H47N5O2/c1-3-30(2)18-14-12-10-8-6-4-5-7-9-11-13-15-21-34-23-17-20-32(39)37-26-28-38(29-27-37)33(40)31-19-16-22-35-24-25-36-31/h5,7,11,13,18,21,35H,3-4,6,9,12,14-15,17,19-20,23-29H2,1-2H3/b7-5-,13-11-,30-18-,34-21?,36-31?. The SMILES string of the molecule is CC/C(C)=C\CCC#CCC/C=C\C/C=C\CC=NCCCC(=O)N1CCN(C(=O)C2=NCCNC#CC2)CC1. The molecule has 0 saturated carbocycles. The number of piperazine rings is 1. The van der Waals surface area contributed by atoms with Gasteiger partial charge >= 0.3 is 0 Å². The topological polar surface area (TPSA) is 77.4 Å². The van der Waals surface area contributed by atoms with Crippen molar-refractivity contribution < 1.29 is 9.59 Å². The summed E-state index contributed by atoms with van der Waals surface area (Å²) in [6.45, 7) is 8.44. The van der Waals surface area contributed by atoms with Gasteiger partial charge in [0.05, 0.1) is 13.0 Å². The van der Waals surface area contributed by atoms with Crippen LogP contribution < -0.4 is 5.32 Å². The van der Waals surface area contributed by atoms with E-state index >= 15 is 0 Å². The smallest absolute Gasteiger partial charge is 0.268 e. The Bertz CT molecular complexity index is 1050. The second-order valence-corrected chi connectivity index (χ2v) is 9.85. The van der Waals surface area contributed by atoms with Gasteiger partial charge in [-0.25, -0.2) is 0 Å². The summed E-state index contributed by atoms with van der Waals surface area (Å²) in [4.78, 5) is 37.7. The van der Waals surface area contributed by atoms with Crippen LogP contribution in [0.2, 0.25) is 0 Å². The molecule has 0 aromatic rings. The number of allylic oxidation sites excluding steroid dienone is 6. The summed E-state index contributed by atoms with van der Waals surface area (Å²) in [5, 5.41) is 2.94. The van der Waals surface area contributed by atoms with Crippen molar-refractivity contribution in [3.05, 3.63) is 36.0 Å². The zero-order valence-corrected chi connectivity index (χ0v) is 24.6. The van der Waals surface area contributed by atoms with Gasteiger partial charge in [0, 0.05) is 77.2 Å². The number of nitrogens with zero attached hydrogens (tertiary/aromatic N) is 4.